The third-order valence-electron chi connectivity index (χ3n) is 4.73. The summed E-state index contributed by atoms with van der Waals surface area (Å²) in [5, 5.41) is 0. The predicted molar refractivity (Wildman–Crippen MR) is 85.5 cm³/mol. The molecule has 1 saturated heterocycles. The topological polar surface area (TPSA) is 32.8 Å². The molecular formula is C17H32N2O2. The molecule has 0 N–H and O–H groups in total. The summed E-state index contributed by atoms with van der Waals surface area (Å²) in [6.45, 7) is 11.2. The largest absolute Gasteiger partial charge is 0.444 e. The Kier molecular flexibility index (Phi) is 5.53. The number of ether oxygens (including phenoxy) is 1. The molecule has 1 amide bonds. The van der Waals surface area contributed by atoms with Crippen LogP contribution in [0.5, 0.6) is 0 Å². The maximum atomic E-state index is 12.3. The number of amides is 1. The van der Waals surface area contributed by atoms with Crippen LogP contribution in [0.15, 0.2) is 0 Å². The molecule has 2 aliphatic rings. The van der Waals surface area contributed by atoms with Crippen molar-refractivity contribution >= 4 is 6.09 Å². The molecule has 0 unspecified atom stereocenters. The molecule has 122 valence electrons. The van der Waals surface area contributed by atoms with Crippen molar-refractivity contribution in [2.75, 3.05) is 19.6 Å². The molecule has 0 radical (unpaired) electrons. The van der Waals surface area contributed by atoms with Gasteiger partial charge in [-0.1, -0.05) is 0 Å². The van der Waals surface area contributed by atoms with Crippen molar-refractivity contribution < 1.29 is 9.53 Å². The van der Waals surface area contributed by atoms with Gasteiger partial charge < -0.3 is 14.5 Å². The second kappa shape index (κ2) is 6.99. The third kappa shape index (κ3) is 4.60. The van der Waals surface area contributed by atoms with E-state index in [1.165, 1.54) is 38.8 Å². The molecule has 0 aromatic heterocycles. The van der Waals surface area contributed by atoms with Crippen molar-refractivity contribution in [3.63, 3.8) is 0 Å². The molecule has 1 aliphatic heterocycles. The predicted octanol–water partition coefficient (Wildman–Crippen LogP) is 3.65. The first kappa shape index (κ1) is 16.6. The minimum atomic E-state index is -0.405. The second-order valence-corrected chi connectivity index (χ2v) is 7.47. The van der Waals surface area contributed by atoms with Crippen LogP contribution in [0.25, 0.3) is 0 Å². The quantitative estimate of drug-likeness (QED) is 0.797. The summed E-state index contributed by atoms with van der Waals surface area (Å²) in [5.74, 6) is 0. The van der Waals surface area contributed by atoms with E-state index in [2.05, 4.69) is 11.8 Å². The molecule has 1 saturated carbocycles. The van der Waals surface area contributed by atoms with Gasteiger partial charge in [-0.05, 0) is 79.3 Å². The van der Waals surface area contributed by atoms with Crippen molar-refractivity contribution in [2.24, 2.45) is 0 Å². The van der Waals surface area contributed by atoms with Crippen LogP contribution in [0.1, 0.15) is 66.2 Å². The van der Waals surface area contributed by atoms with Crippen LogP contribution in [-0.2, 0) is 4.74 Å². The average molecular weight is 296 g/mol. The Morgan fingerprint density at radius 1 is 1.14 bits per heavy atom. The summed E-state index contributed by atoms with van der Waals surface area (Å²) in [6, 6.07) is 1.12. The Bertz CT molecular complexity index is 337. The number of carbonyl (C=O) groups is 1. The van der Waals surface area contributed by atoms with Crippen LogP contribution < -0.4 is 0 Å². The highest BCUT2D eigenvalue weighted by Gasteiger charge is 2.33. The summed E-state index contributed by atoms with van der Waals surface area (Å²) in [4.78, 5) is 16.9. The molecule has 0 bridgehead atoms. The lowest BCUT2D eigenvalue weighted by atomic mass is 9.89. The lowest BCUT2D eigenvalue weighted by Gasteiger charge is -2.39. The Hall–Kier alpha value is -0.770. The van der Waals surface area contributed by atoms with Crippen LogP contribution >= 0.6 is 0 Å². The summed E-state index contributed by atoms with van der Waals surface area (Å²) in [6.07, 6.45) is 7.27. The molecule has 21 heavy (non-hydrogen) atoms. The number of carbonyl (C=O) groups excluding carboxylic acids is 1. The number of rotatable bonds is 3. The van der Waals surface area contributed by atoms with Crippen molar-refractivity contribution in [3.05, 3.63) is 0 Å². The lowest BCUT2D eigenvalue weighted by Crippen LogP contribution is -2.47. The maximum absolute atomic E-state index is 12.3. The molecule has 0 aromatic rings. The van der Waals surface area contributed by atoms with Gasteiger partial charge in [0.25, 0.3) is 0 Å². The standard InChI is InChI=1S/C17H32N2O2/c1-5-19(16(20)21-17(2,3)4)15-10-8-14(9-11-15)18-12-6-7-13-18/h14-15H,5-13H2,1-4H3/t14-,15+. The van der Waals surface area contributed by atoms with Crippen molar-refractivity contribution in [1.82, 2.24) is 9.80 Å². The second-order valence-electron chi connectivity index (χ2n) is 7.47. The van der Waals surface area contributed by atoms with Crippen molar-refractivity contribution in [2.45, 2.75) is 83.9 Å². The molecule has 1 heterocycles. The van der Waals surface area contributed by atoms with Crippen molar-refractivity contribution in [1.29, 1.82) is 0 Å². The Labute approximate surface area is 129 Å². The van der Waals surface area contributed by atoms with Gasteiger partial charge in [-0.25, -0.2) is 4.79 Å². The van der Waals surface area contributed by atoms with Crippen LogP contribution in [0.3, 0.4) is 0 Å². The highest BCUT2D eigenvalue weighted by molar-refractivity contribution is 5.68. The molecule has 1 aliphatic carbocycles. The summed E-state index contributed by atoms with van der Waals surface area (Å²) < 4.78 is 5.55. The van der Waals surface area contributed by atoms with Gasteiger partial charge >= 0.3 is 6.09 Å². The van der Waals surface area contributed by atoms with Crippen LogP contribution in [0.2, 0.25) is 0 Å². The number of nitrogens with zero attached hydrogens (tertiary/aromatic N) is 2. The van der Waals surface area contributed by atoms with Gasteiger partial charge in [-0.3, -0.25) is 0 Å². The third-order valence-corrected chi connectivity index (χ3v) is 4.73. The first-order valence-electron chi connectivity index (χ1n) is 8.64. The molecule has 2 fully saturated rings. The fraction of sp³-hybridized carbons (Fsp3) is 0.941. The monoisotopic (exact) mass is 296 g/mol. The zero-order valence-electron chi connectivity index (χ0n) is 14.2. The van der Waals surface area contributed by atoms with E-state index in [0.29, 0.717) is 6.04 Å². The first-order valence-corrected chi connectivity index (χ1v) is 8.64. The highest BCUT2D eigenvalue weighted by atomic mass is 16.6. The SMILES string of the molecule is CCN(C(=O)OC(C)(C)C)[C@H]1CC[C@@H](N2CCCC2)CC1. The minimum absolute atomic E-state index is 0.144. The molecule has 0 aromatic carbocycles. The van der Waals surface area contributed by atoms with Gasteiger partial charge in [-0.15, -0.1) is 0 Å². The molecule has 0 spiro atoms. The zero-order chi connectivity index (χ0) is 15.5. The van der Waals surface area contributed by atoms with E-state index in [4.69, 9.17) is 4.74 Å². The average Bonchev–Trinajstić information content (AvgIpc) is 2.92. The Balaban J connectivity index is 1.85. The van der Waals surface area contributed by atoms with E-state index in [1.54, 1.807) is 0 Å². The van der Waals surface area contributed by atoms with E-state index in [-0.39, 0.29) is 6.09 Å². The van der Waals surface area contributed by atoms with Crippen LogP contribution in [0.4, 0.5) is 4.79 Å². The summed E-state index contributed by atoms with van der Waals surface area (Å²) in [7, 11) is 0. The zero-order valence-corrected chi connectivity index (χ0v) is 14.2. The Morgan fingerprint density at radius 2 is 1.71 bits per heavy atom. The van der Waals surface area contributed by atoms with Gasteiger partial charge in [0, 0.05) is 18.6 Å². The number of hydrogen-bond donors (Lipinski definition) is 0. The number of likely N-dealkylation sites (tertiary alicyclic amines) is 1. The van der Waals surface area contributed by atoms with E-state index < -0.39 is 5.60 Å². The number of hydrogen-bond acceptors (Lipinski definition) is 3. The van der Waals surface area contributed by atoms with Gasteiger partial charge in [0.15, 0.2) is 0 Å². The summed E-state index contributed by atoms with van der Waals surface area (Å²) >= 11 is 0. The summed E-state index contributed by atoms with van der Waals surface area (Å²) in [5.41, 5.74) is -0.405. The smallest absolute Gasteiger partial charge is 0.410 e. The van der Waals surface area contributed by atoms with Gasteiger partial charge in [-0.2, -0.15) is 0 Å². The van der Waals surface area contributed by atoms with Crippen LogP contribution in [-0.4, -0.2) is 53.2 Å². The van der Waals surface area contributed by atoms with Gasteiger partial charge in [0.2, 0.25) is 0 Å². The molecule has 2 rings (SSSR count). The van der Waals surface area contributed by atoms with Crippen molar-refractivity contribution in [3.8, 4) is 0 Å². The fourth-order valence-corrected chi connectivity index (χ4v) is 3.70. The normalized spacial score (nSPS) is 27.6. The molecular weight excluding hydrogens is 264 g/mol. The van der Waals surface area contributed by atoms with Gasteiger partial charge in [0.1, 0.15) is 5.60 Å². The fourth-order valence-electron chi connectivity index (χ4n) is 3.70. The van der Waals surface area contributed by atoms with E-state index in [9.17, 15) is 4.79 Å². The molecule has 4 heteroatoms. The Morgan fingerprint density at radius 3 is 2.19 bits per heavy atom. The van der Waals surface area contributed by atoms with E-state index in [1.807, 2.05) is 25.7 Å². The first-order chi connectivity index (χ1) is 9.90. The highest BCUT2D eigenvalue weighted by Crippen LogP contribution is 2.29. The maximum Gasteiger partial charge on any atom is 0.410 e. The van der Waals surface area contributed by atoms with E-state index >= 15 is 0 Å². The molecule has 4 nitrogen and oxygen atoms in total. The minimum Gasteiger partial charge on any atom is -0.444 e. The van der Waals surface area contributed by atoms with Crippen LogP contribution in [0, 0.1) is 0 Å². The van der Waals surface area contributed by atoms with E-state index in [0.717, 1.165) is 25.4 Å². The lowest BCUT2D eigenvalue weighted by molar-refractivity contribution is 0.0102. The molecule has 0 atom stereocenters. The van der Waals surface area contributed by atoms with Gasteiger partial charge in [0.05, 0.1) is 0 Å².